The Morgan fingerprint density at radius 3 is 2.75 bits per heavy atom. The van der Waals surface area contributed by atoms with Crippen LogP contribution >= 0.6 is 0 Å². The van der Waals surface area contributed by atoms with Crippen molar-refractivity contribution in [3.8, 4) is 0 Å². The summed E-state index contributed by atoms with van der Waals surface area (Å²) in [6.45, 7) is 8.04. The third-order valence-electron chi connectivity index (χ3n) is 9.77. The monoisotopic (exact) mass is 382 g/mol. The molecule has 28 heavy (non-hydrogen) atoms. The number of aryl methyl sites for hydroxylation is 1. The van der Waals surface area contributed by atoms with Crippen molar-refractivity contribution in [2.75, 3.05) is 0 Å². The van der Waals surface area contributed by atoms with E-state index in [1.165, 1.54) is 56.9 Å². The van der Waals surface area contributed by atoms with Gasteiger partial charge in [0.2, 0.25) is 0 Å². The predicted molar refractivity (Wildman–Crippen MR) is 114 cm³/mol. The van der Waals surface area contributed by atoms with Crippen molar-refractivity contribution < 1.29 is 5.11 Å². The fourth-order valence-electron chi connectivity index (χ4n) is 8.11. The molecule has 4 saturated carbocycles. The molecule has 0 spiro atoms. The highest BCUT2D eigenvalue weighted by Crippen LogP contribution is 2.66. The Kier molecular flexibility index (Phi) is 4.54. The highest BCUT2D eigenvalue weighted by atomic mass is 16.3. The summed E-state index contributed by atoms with van der Waals surface area (Å²) in [7, 11) is 0. The average molecular weight is 383 g/mol. The first kappa shape index (κ1) is 18.9. The van der Waals surface area contributed by atoms with Crippen molar-refractivity contribution in [2.45, 2.75) is 91.2 Å². The van der Waals surface area contributed by atoms with Gasteiger partial charge in [0.15, 0.2) is 0 Å². The maximum absolute atomic E-state index is 11.4. The molecule has 0 aromatic carbocycles. The minimum Gasteiger partial charge on any atom is -0.388 e. The molecule has 1 heterocycles. The molecule has 4 fully saturated rings. The van der Waals surface area contributed by atoms with Crippen molar-refractivity contribution in [1.82, 2.24) is 9.78 Å². The van der Waals surface area contributed by atoms with Crippen molar-refractivity contribution in [3.63, 3.8) is 0 Å². The van der Waals surface area contributed by atoms with E-state index >= 15 is 0 Å². The first-order valence-electron chi connectivity index (χ1n) is 11.9. The summed E-state index contributed by atoms with van der Waals surface area (Å²) < 4.78 is 1.98. The van der Waals surface area contributed by atoms with Gasteiger partial charge in [0.25, 0.3) is 0 Å². The van der Waals surface area contributed by atoms with Crippen molar-refractivity contribution in [3.05, 3.63) is 23.5 Å². The molecule has 1 aromatic rings. The van der Waals surface area contributed by atoms with Gasteiger partial charge in [0, 0.05) is 18.2 Å². The SMILES string of the molecule is CCn1ccc(/C=C2\C[C@H]3[C@@H]4CC[C@H]5CCCC[C@]5(C)[C@H]4CC[C@]3(C)[C@H]2O)n1. The first-order valence-corrected chi connectivity index (χ1v) is 11.9. The standard InChI is InChI=1S/C25H38N2O/c1-4-27-14-11-19(26-27)15-17-16-22-20-9-8-18-7-5-6-12-24(18,2)21(20)10-13-25(22,3)23(17)28/h11,14-15,18,20-23,28H,4-10,12-13,16H2,1-3H3/b17-15+/t18-,20-,21+,22+,23+,24+,25+/m1/s1. The van der Waals surface area contributed by atoms with E-state index in [2.05, 4.69) is 38.0 Å². The minimum absolute atomic E-state index is 0.0676. The van der Waals surface area contributed by atoms with Crippen LogP contribution in [-0.2, 0) is 6.54 Å². The molecule has 0 radical (unpaired) electrons. The van der Waals surface area contributed by atoms with E-state index in [9.17, 15) is 5.11 Å². The summed E-state index contributed by atoms with van der Waals surface area (Å²) in [5.74, 6) is 3.31. The van der Waals surface area contributed by atoms with E-state index in [0.29, 0.717) is 11.3 Å². The van der Waals surface area contributed by atoms with E-state index < -0.39 is 0 Å². The normalized spacial score (nSPS) is 46.9. The lowest BCUT2D eigenvalue weighted by Crippen LogP contribution is -2.53. The summed E-state index contributed by atoms with van der Waals surface area (Å²) in [6, 6.07) is 2.09. The molecule has 3 heteroatoms. The van der Waals surface area contributed by atoms with Gasteiger partial charge in [0.05, 0.1) is 11.8 Å². The van der Waals surface area contributed by atoms with Gasteiger partial charge in [0.1, 0.15) is 0 Å². The molecule has 4 aliphatic carbocycles. The molecule has 4 aliphatic rings. The Hall–Kier alpha value is -1.09. The van der Waals surface area contributed by atoms with Crippen LogP contribution in [0, 0.1) is 34.5 Å². The van der Waals surface area contributed by atoms with E-state index in [-0.39, 0.29) is 11.5 Å². The zero-order chi connectivity index (χ0) is 19.5. The number of hydrogen-bond acceptors (Lipinski definition) is 2. The van der Waals surface area contributed by atoms with E-state index in [1.54, 1.807) is 0 Å². The molecule has 154 valence electrons. The smallest absolute Gasteiger partial charge is 0.0851 e. The molecule has 1 N–H and O–H groups in total. The number of aromatic nitrogens is 2. The maximum atomic E-state index is 11.4. The van der Waals surface area contributed by atoms with Crippen molar-refractivity contribution >= 4 is 6.08 Å². The van der Waals surface area contributed by atoms with Crippen molar-refractivity contribution in [2.24, 2.45) is 34.5 Å². The van der Waals surface area contributed by atoms with Gasteiger partial charge in [-0.15, -0.1) is 0 Å². The lowest BCUT2D eigenvalue weighted by molar-refractivity contribution is -0.119. The Balaban J connectivity index is 1.44. The van der Waals surface area contributed by atoms with Crippen LogP contribution in [-0.4, -0.2) is 21.0 Å². The van der Waals surface area contributed by atoms with Gasteiger partial charge < -0.3 is 5.11 Å². The zero-order valence-electron chi connectivity index (χ0n) is 18.0. The molecule has 1 aromatic heterocycles. The lowest BCUT2D eigenvalue weighted by Gasteiger charge is -2.60. The Morgan fingerprint density at radius 1 is 1.11 bits per heavy atom. The highest BCUT2D eigenvalue weighted by Gasteiger charge is 2.60. The highest BCUT2D eigenvalue weighted by molar-refractivity contribution is 5.52. The third-order valence-corrected chi connectivity index (χ3v) is 9.77. The Bertz CT molecular complexity index is 766. The number of rotatable bonds is 2. The second-order valence-electron chi connectivity index (χ2n) is 10.9. The molecule has 0 aliphatic heterocycles. The maximum Gasteiger partial charge on any atom is 0.0851 e. The number of nitrogens with zero attached hydrogens (tertiary/aromatic N) is 2. The van der Waals surface area contributed by atoms with Gasteiger partial charge in [-0.2, -0.15) is 5.10 Å². The molecule has 0 saturated heterocycles. The number of fused-ring (bicyclic) bond motifs is 5. The topological polar surface area (TPSA) is 38.0 Å². The van der Waals surface area contributed by atoms with E-state index in [0.717, 1.165) is 36.4 Å². The lowest BCUT2D eigenvalue weighted by atomic mass is 9.45. The zero-order valence-corrected chi connectivity index (χ0v) is 18.0. The molecule has 7 atom stereocenters. The first-order chi connectivity index (χ1) is 13.5. The van der Waals surface area contributed by atoms with Gasteiger partial charge in [-0.25, -0.2) is 0 Å². The molecule has 3 nitrogen and oxygen atoms in total. The Morgan fingerprint density at radius 2 is 1.96 bits per heavy atom. The van der Waals surface area contributed by atoms with Crippen LogP contribution < -0.4 is 0 Å². The van der Waals surface area contributed by atoms with Crippen LogP contribution in [0.3, 0.4) is 0 Å². The minimum atomic E-state index is -0.290. The molecule has 0 amide bonds. The number of aliphatic hydroxyl groups is 1. The molecule has 0 bridgehead atoms. The fraction of sp³-hybridized carbons (Fsp3) is 0.800. The largest absolute Gasteiger partial charge is 0.388 e. The second-order valence-corrected chi connectivity index (χ2v) is 10.9. The molecular formula is C25H38N2O. The van der Waals surface area contributed by atoms with Crippen LogP contribution in [0.25, 0.3) is 6.08 Å². The summed E-state index contributed by atoms with van der Waals surface area (Å²) in [4.78, 5) is 0. The molecule has 5 rings (SSSR count). The Labute approximate surface area is 170 Å². The van der Waals surface area contributed by atoms with Gasteiger partial charge in [-0.1, -0.05) is 26.7 Å². The van der Waals surface area contributed by atoms with Crippen LogP contribution in [0.5, 0.6) is 0 Å². The quantitative estimate of drug-likeness (QED) is 0.713. The summed E-state index contributed by atoms with van der Waals surface area (Å²) in [5.41, 5.74) is 2.89. The summed E-state index contributed by atoms with van der Waals surface area (Å²) in [5, 5.41) is 16.0. The second kappa shape index (κ2) is 6.72. The number of hydrogen-bond donors (Lipinski definition) is 1. The van der Waals surface area contributed by atoms with Gasteiger partial charge in [-0.05, 0) is 98.7 Å². The van der Waals surface area contributed by atoms with Crippen LogP contribution in [0.2, 0.25) is 0 Å². The summed E-state index contributed by atoms with van der Waals surface area (Å²) >= 11 is 0. The summed E-state index contributed by atoms with van der Waals surface area (Å²) in [6.07, 6.45) is 16.2. The van der Waals surface area contributed by atoms with E-state index in [4.69, 9.17) is 0 Å². The van der Waals surface area contributed by atoms with Crippen LogP contribution in [0.4, 0.5) is 0 Å². The third kappa shape index (κ3) is 2.68. The van der Waals surface area contributed by atoms with Gasteiger partial charge >= 0.3 is 0 Å². The molecular weight excluding hydrogens is 344 g/mol. The van der Waals surface area contributed by atoms with Crippen LogP contribution in [0.15, 0.2) is 17.8 Å². The average Bonchev–Trinajstić information content (AvgIpc) is 3.25. The van der Waals surface area contributed by atoms with Gasteiger partial charge in [-0.3, -0.25) is 4.68 Å². The predicted octanol–water partition coefficient (Wildman–Crippen LogP) is 5.69. The van der Waals surface area contributed by atoms with Crippen LogP contribution in [0.1, 0.15) is 84.3 Å². The van der Waals surface area contributed by atoms with E-state index in [1.807, 2.05) is 10.9 Å². The van der Waals surface area contributed by atoms with Crippen molar-refractivity contribution in [1.29, 1.82) is 0 Å². The fourth-order valence-corrected chi connectivity index (χ4v) is 8.11. The number of aliphatic hydroxyl groups excluding tert-OH is 1. The molecule has 0 unspecified atom stereocenters.